The lowest BCUT2D eigenvalue weighted by Crippen LogP contribution is -1.98. The molecule has 0 bridgehead atoms. The molecular formula is C10H12N4. The molecule has 0 radical (unpaired) electrons. The summed E-state index contributed by atoms with van der Waals surface area (Å²) < 4.78 is 0. The van der Waals surface area contributed by atoms with Crippen molar-refractivity contribution in [1.82, 2.24) is 9.97 Å². The normalized spacial score (nSPS) is 10.4. The standard InChI is InChI=1S/C10H12N4/c1-6-9-7(3-4-13-10(9)11)5-8(12-2)14-6/h3-5H,1-2H3,(H2,11,13)(H,12,14). The number of hydrogen-bond acceptors (Lipinski definition) is 4. The number of fused-ring (bicyclic) bond motifs is 1. The van der Waals surface area contributed by atoms with E-state index in [1.807, 2.05) is 26.1 Å². The Morgan fingerprint density at radius 3 is 2.93 bits per heavy atom. The molecule has 2 aromatic heterocycles. The van der Waals surface area contributed by atoms with Gasteiger partial charge in [0.15, 0.2) is 0 Å². The summed E-state index contributed by atoms with van der Waals surface area (Å²) in [5, 5.41) is 5.01. The monoisotopic (exact) mass is 188 g/mol. The average Bonchev–Trinajstić information content (AvgIpc) is 2.17. The molecule has 0 fully saturated rings. The summed E-state index contributed by atoms with van der Waals surface area (Å²) in [6, 6.07) is 3.89. The van der Waals surface area contributed by atoms with Crippen molar-refractivity contribution in [2.24, 2.45) is 0 Å². The molecule has 0 aliphatic carbocycles. The Hall–Kier alpha value is -1.84. The minimum absolute atomic E-state index is 0.537. The van der Waals surface area contributed by atoms with Gasteiger partial charge in [0.05, 0.1) is 5.69 Å². The van der Waals surface area contributed by atoms with Crippen molar-refractivity contribution >= 4 is 22.4 Å². The second-order valence-corrected chi connectivity index (χ2v) is 3.14. The van der Waals surface area contributed by atoms with Crippen LogP contribution in [0.25, 0.3) is 10.8 Å². The van der Waals surface area contributed by atoms with Crippen LogP contribution in [0.15, 0.2) is 18.3 Å². The van der Waals surface area contributed by atoms with Crippen molar-refractivity contribution in [3.05, 3.63) is 24.0 Å². The lowest BCUT2D eigenvalue weighted by molar-refractivity contribution is 1.21. The number of nitrogens with zero attached hydrogens (tertiary/aromatic N) is 2. The van der Waals surface area contributed by atoms with Crippen LogP contribution in [0, 0.1) is 6.92 Å². The number of pyridine rings is 2. The molecule has 2 rings (SSSR count). The Labute approximate surface area is 82.2 Å². The molecule has 0 unspecified atom stereocenters. The Morgan fingerprint density at radius 1 is 1.43 bits per heavy atom. The zero-order chi connectivity index (χ0) is 10.1. The molecule has 3 N–H and O–H groups in total. The molecular weight excluding hydrogens is 176 g/mol. The van der Waals surface area contributed by atoms with Crippen molar-refractivity contribution in [2.75, 3.05) is 18.1 Å². The topological polar surface area (TPSA) is 63.8 Å². The maximum Gasteiger partial charge on any atom is 0.133 e. The maximum absolute atomic E-state index is 5.78. The zero-order valence-corrected chi connectivity index (χ0v) is 8.20. The summed E-state index contributed by atoms with van der Waals surface area (Å²) in [4.78, 5) is 8.39. The Bertz CT molecular complexity index is 479. The van der Waals surface area contributed by atoms with Gasteiger partial charge in [0.2, 0.25) is 0 Å². The van der Waals surface area contributed by atoms with Gasteiger partial charge < -0.3 is 11.1 Å². The van der Waals surface area contributed by atoms with E-state index in [4.69, 9.17) is 5.73 Å². The fraction of sp³-hybridized carbons (Fsp3) is 0.200. The zero-order valence-electron chi connectivity index (χ0n) is 8.20. The molecule has 0 amide bonds. The van der Waals surface area contributed by atoms with Crippen LogP contribution < -0.4 is 11.1 Å². The minimum Gasteiger partial charge on any atom is -0.383 e. The molecule has 0 spiro atoms. The van der Waals surface area contributed by atoms with Crippen molar-refractivity contribution in [1.29, 1.82) is 0 Å². The van der Waals surface area contributed by atoms with E-state index >= 15 is 0 Å². The molecule has 2 aromatic rings. The van der Waals surface area contributed by atoms with E-state index in [-0.39, 0.29) is 0 Å². The van der Waals surface area contributed by atoms with Crippen LogP contribution in [-0.4, -0.2) is 17.0 Å². The number of nitrogen functional groups attached to an aromatic ring is 1. The molecule has 72 valence electrons. The highest BCUT2D eigenvalue weighted by Crippen LogP contribution is 2.23. The highest BCUT2D eigenvalue weighted by Gasteiger charge is 2.04. The smallest absolute Gasteiger partial charge is 0.133 e. The first-order valence-electron chi connectivity index (χ1n) is 4.42. The predicted octanol–water partition coefficient (Wildman–Crippen LogP) is 1.56. The van der Waals surface area contributed by atoms with Gasteiger partial charge in [-0.15, -0.1) is 0 Å². The second-order valence-electron chi connectivity index (χ2n) is 3.14. The number of hydrogen-bond donors (Lipinski definition) is 2. The van der Waals surface area contributed by atoms with E-state index in [9.17, 15) is 0 Å². The number of nitrogens with two attached hydrogens (primary N) is 1. The van der Waals surface area contributed by atoms with Crippen LogP contribution in [0.4, 0.5) is 11.6 Å². The minimum atomic E-state index is 0.537. The third-order valence-corrected chi connectivity index (χ3v) is 2.21. The van der Waals surface area contributed by atoms with Crippen molar-refractivity contribution in [3.8, 4) is 0 Å². The molecule has 0 atom stereocenters. The lowest BCUT2D eigenvalue weighted by atomic mass is 10.1. The van der Waals surface area contributed by atoms with Crippen molar-refractivity contribution < 1.29 is 0 Å². The molecule has 0 saturated heterocycles. The summed E-state index contributed by atoms with van der Waals surface area (Å²) in [7, 11) is 1.85. The molecule has 0 aliphatic rings. The molecule has 0 aliphatic heterocycles. The summed E-state index contributed by atoms with van der Waals surface area (Å²) in [6.07, 6.45) is 1.70. The Balaban J connectivity index is 2.83. The number of nitrogens with one attached hydrogen (secondary N) is 1. The van der Waals surface area contributed by atoms with Crippen LogP contribution in [0.1, 0.15) is 5.69 Å². The van der Waals surface area contributed by atoms with Crippen molar-refractivity contribution in [3.63, 3.8) is 0 Å². The SMILES string of the molecule is CNc1cc2ccnc(N)c2c(C)n1. The van der Waals surface area contributed by atoms with E-state index in [1.54, 1.807) is 6.20 Å². The van der Waals surface area contributed by atoms with Gasteiger partial charge in [-0.2, -0.15) is 0 Å². The van der Waals surface area contributed by atoms with Crippen LogP contribution >= 0.6 is 0 Å². The second kappa shape index (κ2) is 3.14. The fourth-order valence-corrected chi connectivity index (χ4v) is 1.55. The Kier molecular flexibility index (Phi) is 1.96. The first-order valence-corrected chi connectivity index (χ1v) is 4.42. The summed E-state index contributed by atoms with van der Waals surface area (Å²) in [6.45, 7) is 1.93. The third-order valence-electron chi connectivity index (χ3n) is 2.21. The van der Waals surface area contributed by atoms with Gasteiger partial charge in [0.25, 0.3) is 0 Å². The van der Waals surface area contributed by atoms with Crippen LogP contribution in [0.2, 0.25) is 0 Å². The van der Waals surface area contributed by atoms with Gasteiger partial charge in [-0.1, -0.05) is 0 Å². The highest BCUT2D eigenvalue weighted by molar-refractivity contribution is 5.93. The van der Waals surface area contributed by atoms with Gasteiger partial charge >= 0.3 is 0 Å². The number of aromatic nitrogens is 2. The van der Waals surface area contributed by atoms with Crippen LogP contribution in [-0.2, 0) is 0 Å². The number of rotatable bonds is 1. The summed E-state index contributed by atoms with van der Waals surface area (Å²) >= 11 is 0. The predicted molar refractivity (Wildman–Crippen MR) is 58.2 cm³/mol. The molecule has 4 heteroatoms. The number of anilines is 2. The van der Waals surface area contributed by atoms with Gasteiger partial charge in [-0.25, -0.2) is 9.97 Å². The number of aryl methyl sites for hydroxylation is 1. The fourth-order valence-electron chi connectivity index (χ4n) is 1.55. The summed E-state index contributed by atoms with van der Waals surface area (Å²) in [5.74, 6) is 1.38. The Morgan fingerprint density at radius 2 is 2.21 bits per heavy atom. The largest absolute Gasteiger partial charge is 0.383 e. The molecule has 4 nitrogen and oxygen atoms in total. The summed E-state index contributed by atoms with van der Waals surface area (Å²) in [5.41, 5.74) is 6.68. The molecule has 14 heavy (non-hydrogen) atoms. The maximum atomic E-state index is 5.78. The van der Waals surface area contributed by atoms with E-state index in [0.29, 0.717) is 5.82 Å². The van der Waals surface area contributed by atoms with E-state index < -0.39 is 0 Å². The van der Waals surface area contributed by atoms with Crippen LogP contribution in [0.5, 0.6) is 0 Å². The van der Waals surface area contributed by atoms with E-state index in [2.05, 4.69) is 15.3 Å². The molecule has 0 aromatic carbocycles. The van der Waals surface area contributed by atoms with Gasteiger partial charge in [0, 0.05) is 18.6 Å². The molecule has 0 saturated carbocycles. The van der Waals surface area contributed by atoms with E-state index in [0.717, 1.165) is 22.3 Å². The van der Waals surface area contributed by atoms with Gasteiger partial charge in [0.1, 0.15) is 11.6 Å². The van der Waals surface area contributed by atoms with Gasteiger partial charge in [-0.3, -0.25) is 0 Å². The third kappa shape index (κ3) is 1.25. The first kappa shape index (κ1) is 8.74. The van der Waals surface area contributed by atoms with E-state index in [1.165, 1.54) is 0 Å². The van der Waals surface area contributed by atoms with Crippen molar-refractivity contribution in [2.45, 2.75) is 6.92 Å². The molecule has 2 heterocycles. The first-order chi connectivity index (χ1) is 6.72. The van der Waals surface area contributed by atoms with Crippen LogP contribution in [0.3, 0.4) is 0 Å². The lowest BCUT2D eigenvalue weighted by Gasteiger charge is -2.06. The quantitative estimate of drug-likeness (QED) is 0.712. The highest BCUT2D eigenvalue weighted by atomic mass is 15.0. The average molecular weight is 188 g/mol. The van der Waals surface area contributed by atoms with Gasteiger partial charge in [-0.05, 0) is 24.4 Å².